The van der Waals surface area contributed by atoms with Crippen LogP contribution in [0.5, 0.6) is 0 Å². The molecule has 0 spiro atoms. The van der Waals surface area contributed by atoms with E-state index in [1.807, 2.05) is 0 Å². The van der Waals surface area contributed by atoms with Crippen LogP contribution in [0, 0.1) is 0 Å². The molecule has 0 fully saturated rings. The summed E-state index contributed by atoms with van der Waals surface area (Å²) in [6, 6.07) is -0.668. The average Bonchev–Trinajstić information content (AvgIpc) is 2.21. The monoisotopic (exact) mass is 217 g/mol. The molecule has 7 heteroatoms. The molecule has 0 aliphatic heterocycles. The Morgan fingerprint density at radius 3 is 2.33 bits per heavy atom. The largest absolute Gasteiger partial charge is 0.468 e. The smallest absolute Gasteiger partial charge is 0.325 e. The number of carbonyl (C=O) groups is 3. The molecule has 0 saturated heterocycles. The highest BCUT2D eigenvalue weighted by atomic mass is 16.5. The fraction of sp³-hybridized carbons (Fsp3) is 0.625. The predicted molar refractivity (Wildman–Crippen MR) is 51.7 cm³/mol. The SMILES string of the molecule is COC(=O)CNC(=O)CNC(=O)C(C)N. The van der Waals surface area contributed by atoms with Crippen LogP contribution in [0.15, 0.2) is 0 Å². The number of amides is 2. The van der Waals surface area contributed by atoms with Gasteiger partial charge in [-0.2, -0.15) is 0 Å². The van der Waals surface area contributed by atoms with Gasteiger partial charge in [-0.3, -0.25) is 14.4 Å². The number of ether oxygens (including phenoxy) is 1. The van der Waals surface area contributed by atoms with E-state index in [-0.39, 0.29) is 13.1 Å². The lowest BCUT2D eigenvalue weighted by Crippen LogP contribution is -2.44. The molecule has 4 N–H and O–H groups in total. The van der Waals surface area contributed by atoms with E-state index in [4.69, 9.17) is 5.73 Å². The van der Waals surface area contributed by atoms with Crippen molar-refractivity contribution in [2.75, 3.05) is 20.2 Å². The van der Waals surface area contributed by atoms with Crippen LogP contribution in [0.1, 0.15) is 6.92 Å². The zero-order valence-corrected chi connectivity index (χ0v) is 8.70. The molecule has 1 atom stereocenters. The average molecular weight is 217 g/mol. The molecule has 0 aromatic heterocycles. The van der Waals surface area contributed by atoms with Crippen molar-refractivity contribution in [3.8, 4) is 0 Å². The van der Waals surface area contributed by atoms with Gasteiger partial charge in [0.1, 0.15) is 6.54 Å². The minimum absolute atomic E-state index is 0.211. The molecule has 2 amide bonds. The van der Waals surface area contributed by atoms with Crippen LogP contribution in [-0.4, -0.2) is 44.0 Å². The van der Waals surface area contributed by atoms with Crippen molar-refractivity contribution < 1.29 is 19.1 Å². The Labute approximate surface area is 87.3 Å². The van der Waals surface area contributed by atoms with E-state index in [0.29, 0.717) is 0 Å². The van der Waals surface area contributed by atoms with E-state index in [2.05, 4.69) is 15.4 Å². The summed E-state index contributed by atoms with van der Waals surface area (Å²) in [7, 11) is 1.21. The van der Waals surface area contributed by atoms with Gasteiger partial charge in [-0.15, -0.1) is 0 Å². The quantitative estimate of drug-likeness (QED) is 0.450. The van der Waals surface area contributed by atoms with Crippen LogP contribution < -0.4 is 16.4 Å². The maximum absolute atomic E-state index is 11.0. The van der Waals surface area contributed by atoms with Crippen molar-refractivity contribution in [1.82, 2.24) is 10.6 Å². The third kappa shape index (κ3) is 6.44. The van der Waals surface area contributed by atoms with Gasteiger partial charge in [0.2, 0.25) is 11.8 Å². The highest BCUT2D eigenvalue weighted by Crippen LogP contribution is 1.75. The molecule has 15 heavy (non-hydrogen) atoms. The summed E-state index contributed by atoms with van der Waals surface area (Å²) >= 11 is 0. The third-order valence-corrected chi connectivity index (χ3v) is 1.49. The van der Waals surface area contributed by atoms with Gasteiger partial charge >= 0.3 is 5.97 Å². The van der Waals surface area contributed by atoms with Gasteiger partial charge in [-0.05, 0) is 6.92 Å². The third-order valence-electron chi connectivity index (χ3n) is 1.49. The van der Waals surface area contributed by atoms with Gasteiger partial charge in [0, 0.05) is 0 Å². The number of carbonyl (C=O) groups excluding carboxylic acids is 3. The maximum atomic E-state index is 11.0. The van der Waals surface area contributed by atoms with Crippen LogP contribution in [0.2, 0.25) is 0 Å². The lowest BCUT2D eigenvalue weighted by Gasteiger charge is -2.07. The Bertz CT molecular complexity index is 252. The van der Waals surface area contributed by atoms with Crippen LogP contribution in [0.3, 0.4) is 0 Å². The van der Waals surface area contributed by atoms with Crippen LogP contribution in [-0.2, 0) is 19.1 Å². The molecule has 86 valence electrons. The predicted octanol–water partition coefficient (Wildman–Crippen LogP) is -2.26. The van der Waals surface area contributed by atoms with Gasteiger partial charge in [0.05, 0.1) is 19.7 Å². The second-order valence-corrected chi connectivity index (χ2v) is 2.86. The molecular formula is C8H15N3O4. The topological polar surface area (TPSA) is 111 Å². The zero-order valence-electron chi connectivity index (χ0n) is 8.70. The Kier molecular flexibility index (Phi) is 6.03. The van der Waals surface area contributed by atoms with Gasteiger partial charge in [-0.1, -0.05) is 0 Å². The fourth-order valence-electron chi connectivity index (χ4n) is 0.634. The standard InChI is InChI=1S/C8H15N3O4/c1-5(9)8(14)11-3-6(12)10-4-7(13)15-2/h5H,3-4,9H2,1-2H3,(H,10,12)(H,11,14). The summed E-state index contributed by atoms with van der Waals surface area (Å²) in [5.74, 6) is -1.46. The molecule has 7 nitrogen and oxygen atoms in total. The Morgan fingerprint density at radius 1 is 1.27 bits per heavy atom. The van der Waals surface area contributed by atoms with Crippen molar-refractivity contribution in [3.05, 3.63) is 0 Å². The van der Waals surface area contributed by atoms with Crippen molar-refractivity contribution in [1.29, 1.82) is 0 Å². The first-order valence-corrected chi connectivity index (χ1v) is 4.34. The van der Waals surface area contributed by atoms with Crippen LogP contribution in [0.4, 0.5) is 0 Å². The Morgan fingerprint density at radius 2 is 1.87 bits per heavy atom. The summed E-state index contributed by atoms with van der Waals surface area (Å²) in [6.07, 6.45) is 0. The zero-order chi connectivity index (χ0) is 11.8. The summed E-state index contributed by atoms with van der Waals surface area (Å²) in [4.78, 5) is 32.6. The number of hydrogen-bond acceptors (Lipinski definition) is 5. The first-order valence-electron chi connectivity index (χ1n) is 4.34. The van der Waals surface area contributed by atoms with Gasteiger partial charge in [-0.25, -0.2) is 0 Å². The second-order valence-electron chi connectivity index (χ2n) is 2.86. The Balaban J connectivity index is 3.67. The molecular weight excluding hydrogens is 202 g/mol. The molecule has 0 aliphatic carbocycles. The van der Waals surface area contributed by atoms with Crippen molar-refractivity contribution >= 4 is 17.8 Å². The van der Waals surface area contributed by atoms with Crippen LogP contribution in [0.25, 0.3) is 0 Å². The highest BCUT2D eigenvalue weighted by Gasteiger charge is 2.09. The number of rotatable bonds is 5. The van der Waals surface area contributed by atoms with Gasteiger partial charge < -0.3 is 21.1 Å². The normalized spacial score (nSPS) is 11.4. The summed E-state index contributed by atoms with van der Waals surface area (Å²) in [5.41, 5.74) is 5.25. The number of nitrogens with one attached hydrogen (secondary N) is 2. The van der Waals surface area contributed by atoms with E-state index in [1.54, 1.807) is 0 Å². The molecule has 0 aliphatic rings. The van der Waals surface area contributed by atoms with Crippen molar-refractivity contribution in [3.63, 3.8) is 0 Å². The number of methoxy groups -OCH3 is 1. The summed E-state index contributed by atoms with van der Waals surface area (Å²) in [6.45, 7) is 1.07. The minimum atomic E-state index is -0.668. The second kappa shape index (κ2) is 6.77. The molecule has 0 rings (SSSR count). The van der Waals surface area contributed by atoms with Crippen LogP contribution >= 0.6 is 0 Å². The lowest BCUT2D eigenvalue weighted by atomic mass is 10.3. The highest BCUT2D eigenvalue weighted by molar-refractivity contribution is 5.88. The van der Waals surface area contributed by atoms with Gasteiger partial charge in [0.25, 0.3) is 0 Å². The van der Waals surface area contributed by atoms with Gasteiger partial charge in [0.15, 0.2) is 0 Å². The molecule has 0 aromatic rings. The fourth-order valence-corrected chi connectivity index (χ4v) is 0.634. The van der Waals surface area contributed by atoms with E-state index in [9.17, 15) is 14.4 Å². The molecule has 1 unspecified atom stereocenters. The summed E-state index contributed by atoms with van der Waals surface area (Å²) < 4.78 is 4.30. The van der Waals surface area contributed by atoms with E-state index in [0.717, 1.165) is 0 Å². The summed E-state index contributed by atoms with van der Waals surface area (Å²) in [5, 5.41) is 4.55. The van der Waals surface area contributed by atoms with Crippen molar-refractivity contribution in [2.45, 2.75) is 13.0 Å². The van der Waals surface area contributed by atoms with E-state index >= 15 is 0 Å². The maximum Gasteiger partial charge on any atom is 0.325 e. The number of nitrogens with two attached hydrogens (primary N) is 1. The first-order chi connectivity index (χ1) is 6.97. The van der Waals surface area contributed by atoms with Crippen molar-refractivity contribution in [2.24, 2.45) is 5.73 Å². The molecule has 0 radical (unpaired) electrons. The number of esters is 1. The van der Waals surface area contributed by atoms with E-state index in [1.165, 1.54) is 14.0 Å². The van der Waals surface area contributed by atoms with E-state index < -0.39 is 23.8 Å². The molecule has 0 bridgehead atoms. The minimum Gasteiger partial charge on any atom is -0.468 e. The lowest BCUT2D eigenvalue weighted by molar-refractivity contribution is -0.141. The first kappa shape index (κ1) is 13.4. The molecule has 0 saturated carbocycles. The molecule has 0 heterocycles. The number of hydrogen-bond donors (Lipinski definition) is 3. The Hall–Kier alpha value is -1.63. The molecule has 0 aromatic carbocycles.